The number of carbonyl (C=O) groups is 1. The first-order valence-corrected chi connectivity index (χ1v) is 6.68. The number of ether oxygens (including phenoxy) is 1. The molecule has 0 fully saturated rings. The summed E-state index contributed by atoms with van der Waals surface area (Å²) in [6, 6.07) is 5.02. The predicted molar refractivity (Wildman–Crippen MR) is 82.0 cm³/mol. The Morgan fingerprint density at radius 2 is 2.30 bits per heavy atom. The SMILES string of the molecule is COc1ccc(NC(=O)Cn2ccsc2=N)cc1Cl.Cl. The number of halogens is 2. The fraction of sp³-hybridized carbons (Fsp3) is 0.167. The molecular weight excluding hydrogens is 321 g/mol. The molecule has 8 heteroatoms. The number of nitrogens with zero attached hydrogens (tertiary/aromatic N) is 1. The van der Waals surface area contributed by atoms with Gasteiger partial charge in [0.2, 0.25) is 5.91 Å². The van der Waals surface area contributed by atoms with Crippen LogP contribution in [0.3, 0.4) is 0 Å². The monoisotopic (exact) mass is 333 g/mol. The third-order valence-corrected chi connectivity index (χ3v) is 3.44. The summed E-state index contributed by atoms with van der Waals surface area (Å²) >= 11 is 7.24. The molecule has 0 bridgehead atoms. The summed E-state index contributed by atoms with van der Waals surface area (Å²) in [4.78, 5) is 12.1. The first-order valence-electron chi connectivity index (χ1n) is 5.42. The van der Waals surface area contributed by atoms with Crippen LogP contribution in [-0.4, -0.2) is 17.6 Å². The highest BCUT2D eigenvalue weighted by Gasteiger charge is 2.07. The Balaban J connectivity index is 0.00000200. The molecule has 108 valence electrons. The molecule has 1 heterocycles. The predicted octanol–water partition coefficient (Wildman–Crippen LogP) is 2.75. The van der Waals surface area contributed by atoms with Crippen molar-refractivity contribution in [1.29, 1.82) is 5.41 Å². The second-order valence-corrected chi connectivity index (χ2v) is 5.04. The highest BCUT2D eigenvalue weighted by molar-refractivity contribution is 7.06. The molecule has 0 saturated carbocycles. The summed E-state index contributed by atoms with van der Waals surface area (Å²) < 4.78 is 6.59. The molecule has 1 aromatic heterocycles. The number of benzene rings is 1. The van der Waals surface area contributed by atoms with Gasteiger partial charge >= 0.3 is 0 Å². The topological polar surface area (TPSA) is 67.1 Å². The molecule has 0 aliphatic carbocycles. The Labute approximate surface area is 131 Å². The Hall–Kier alpha value is -1.50. The molecule has 1 aromatic carbocycles. The zero-order valence-electron chi connectivity index (χ0n) is 10.6. The van der Waals surface area contributed by atoms with E-state index in [-0.39, 0.29) is 24.9 Å². The van der Waals surface area contributed by atoms with E-state index in [0.29, 0.717) is 21.3 Å². The smallest absolute Gasteiger partial charge is 0.244 e. The molecular formula is C12H13Cl2N3O2S. The van der Waals surface area contributed by atoms with E-state index in [2.05, 4.69) is 5.32 Å². The van der Waals surface area contributed by atoms with Gasteiger partial charge in [0, 0.05) is 17.3 Å². The van der Waals surface area contributed by atoms with Crippen molar-refractivity contribution < 1.29 is 9.53 Å². The minimum atomic E-state index is -0.210. The van der Waals surface area contributed by atoms with E-state index in [4.69, 9.17) is 21.7 Å². The fourth-order valence-corrected chi connectivity index (χ4v) is 2.38. The van der Waals surface area contributed by atoms with E-state index in [1.807, 2.05) is 0 Å². The van der Waals surface area contributed by atoms with Gasteiger partial charge in [-0.05, 0) is 18.2 Å². The lowest BCUT2D eigenvalue weighted by molar-refractivity contribution is -0.116. The van der Waals surface area contributed by atoms with Crippen LogP contribution in [-0.2, 0) is 11.3 Å². The van der Waals surface area contributed by atoms with Crippen LogP contribution in [0.1, 0.15) is 0 Å². The summed E-state index contributed by atoms with van der Waals surface area (Å²) in [6.07, 6.45) is 1.70. The summed E-state index contributed by atoms with van der Waals surface area (Å²) in [6.45, 7) is 0.103. The van der Waals surface area contributed by atoms with Gasteiger partial charge in [-0.3, -0.25) is 10.2 Å². The van der Waals surface area contributed by atoms with Crippen LogP contribution >= 0.6 is 35.3 Å². The van der Waals surface area contributed by atoms with E-state index in [9.17, 15) is 4.79 Å². The summed E-state index contributed by atoms with van der Waals surface area (Å²) in [7, 11) is 1.53. The molecule has 1 amide bonds. The first-order chi connectivity index (χ1) is 9.10. The number of anilines is 1. The van der Waals surface area contributed by atoms with Gasteiger partial charge in [0.25, 0.3) is 0 Å². The Morgan fingerprint density at radius 1 is 1.55 bits per heavy atom. The maximum atomic E-state index is 11.8. The summed E-state index contributed by atoms with van der Waals surface area (Å²) in [5.41, 5.74) is 0.596. The molecule has 0 radical (unpaired) electrons. The maximum Gasteiger partial charge on any atom is 0.244 e. The van der Waals surface area contributed by atoms with Gasteiger partial charge in [-0.15, -0.1) is 23.7 Å². The number of amides is 1. The van der Waals surface area contributed by atoms with Gasteiger partial charge in [-0.1, -0.05) is 11.6 Å². The van der Waals surface area contributed by atoms with Crippen molar-refractivity contribution in [3.63, 3.8) is 0 Å². The van der Waals surface area contributed by atoms with E-state index in [1.54, 1.807) is 34.3 Å². The molecule has 0 saturated heterocycles. The first kappa shape index (κ1) is 16.6. The van der Waals surface area contributed by atoms with Crippen LogP contribution in [0.25, 0.3) is 0 Å². The fourth-order valence-electron chi connectivity index (χ4n) is 1.53. The second kappa shape index (κ2) is 7.33. The molecule has 2 aromatic rings. The third kappa shape index (κ3) is 4.00. The third-order valence-electron chi connectivity index (χ3n) is 2.43. The standard InChI is InChI=1S/C12H12ClN3O2S.ClH/c1-18-10-3-2-8(6-9(10)13)15-11(17)7-16-4-5-19-12(16)14;/h2-6,14H,7H2,1H3,(H,15,17);1H. The van der Waals surface area contributed by atoms with Gasteiger partial charge in [0.15, 0.2) is 4.80 Å². The second-order valence-electron chi connectivity index (χ2n) is 3.73. The van der Waals surface area contributed by atoms with Crippen LogP contribution in [0.5, 0.6) is 5.75 Å². The van der Waals surface area contributed by atoms with Crippen LogP contribution < -0.4 is 14.9 Å². The minimum absolute atomic E-state index is 0. The van der Waals surface area contributed by atoms with Crippen molar-refractivity contribution in [2.75, 3.05) is 12.4 Å². The van der Waals surface area contributed by atoms with Crippen molar-refractivity contribution in [1.82, 2.24) is 4.57 Å². The van der Waals surface area contributed by atoms with Crippen LogP contribution in [0.4, 0.5) is 5.69 Å². The van der Waals surface area contributed by atoms with Crippen molar-refractivity contribution in [2.24, 2.45) is 0 Å². The lowest BCUT2D eigenvalue weighted by Gasteiger charge is -2.08. The molecule has 0 atom stereocenters. The summed E-state index contributed by atoms with van der Waals surface area (Å²) in [5.74, 6) is 0.346. The van der Waals surface area contributed by atoms with E-state index < -0.39 is 0 Å². The number of nitrogens with one attached hydrogen (secondary N) is 2. The zero-order valence-corrected chi connectivity index (χ0v) is 12.9. The van der Waals surface area contributed by atoms with E-state index >= 15 is 0 Å². The quantitative estimate of drug-likeness (QED) is 0.903. The number of rotatable bonds is 4. The highest BCUT2D eigenvalue weighted by Crippen LogP contribution is 2.27. The molecule has 0 aliphatic rings. The van der Waals surface area contributed by atoms with Crippen molar-refractivity contribution in [2.45, 2.75) is 6.54 Å². The van der Waals surface area contributed by atoms with Gasteiger partial charge < -0.3 is 14.6 Å². The average Bonchev–Trinajstić information content (AvgIpc) is 2.75. The lowest BCUT2D eigenvalue weighted by atomic mass is 10.3. The van der Waals surface area contributed by atoms with Gasteiger partial charge in [0.05, 0.1) is 12.1 Å². The van der Waals surface area contributed by atoms with Crippen molar-refractivity contribution in [3.05, 3.63) is 39.6 Å². The molecule has 2 rings (SSSR count). The average molecular weight is 334 g/mol. The molecule has 2 N–H and O–H groups in total. The number of methoxy groups -OCH3 is 1. The minimum Gasteiger partial charge on any atom is -0.495 e. The molecule has 0 aliphatic heterocycles. The zero-order chi connectivity index (χ0) is 13.8. The Morgan fingerprint density at radius 3 is 2.85 bits per heavy atom. The van der Waals surface area contributed by atoms with E-state index in [1.165, 1.54) is 18.4 Å². The molecule has 0 unspecified atom stereocenters. The largest absolute Gasteiger partial charge is 0.495 e. The number of carbonyl (C=O) groups excluding carboxylic acids is 1. The number of aromatic nitrogens is 1. The van der Waals surface area contributed by atoms with Crippen LogP contribution in [0.2, 0.25) is 5.02 Å². The highest BCUT2D eigenvalue weighted by atomic mass is 35.5. The van der Waals surface area contributed by atoms with E-state index in [0.717, 1.165) is 0 Å². The van der Waals surface area contributed by atoms with Crippen molar-refractivity contribution in [3.8, 4) is 5.75 Å². The number of hydrogen-bond acceptors (Lipinski definition) is 4. The van der Waals surface area contributed by atoms with Crippen molar-refractivity contribution >= 4 is 46.9 Å². The Bertz CT molecular complexity index is 654. The maximum absolute atomic E-state index is 11.8. The Kier molecular flexibility index (Phi) is 6.06. The van der Waals surface area contributed by atoms with Gasteiger partial charge in [-0.2, -0.15) is 0 Å². The summed E-state index contributed by atoms with van der Waals surface area (Å²) in [5, 5.41) is 12.5. The molecule has 0 spiro atoms. The van der Waals surface area contributed by atoms with Gasteiger partial charge in [-0.25, -0.2) is 0 Å². The van der Waals surface area contributed by atoms with Crippen LogP contribution in [0, 0.1) is 5.41 Å². The molecule has 5 nitrogen and oxygen atoms in total. The van der Waals surface area contributed by atoms with Crippen LogP contribution in [0.15, 0.2) is 29.8 Å². The van der Waals surface area contributed by atoms with Gasteiger partial charge in [0.1, 0.15) is 12.3 Å². The molecule has 20 heavy (non-hydrogen) atoms. The normalized spacial score (nSPS) is 9.70. The number of hydrogen-bond donors (Lipinski definition) is 2. The number of thiazole rings is 1. The lowest BCUT2D eigenvalue weighted by Crippen LogP contribution is -2.23.